The van der Waals surface area contributed by atoms with Crippen LogP contribution in [0.3, 0.4) is 0 Å². The molecule has 0 fully saturated rings. The predicted molar refractivity (Wildman–Crippen MR) is 115 cm³/mol. The first kappa shape index (κ1) is 19.3. The number of rotatable bonds is 4. The molecule has 0 amide bonds. The van der Waals surface area contributed by atoms with Gasteiger partial charge in [-0.05, 0) is 42.3 Å². The van der Waals surface area contributed by atoms with Crippen molar-refractivity contribution in [3.63, 3.8) is 0 Å². The first-order valence-corrected chi connectivity index (χ1v) is 9.44. The third-order valence-corrected chi connectivity index (χ3v) is 5.36. The fourth-order valence-electron chi connectivity index (χ4n) is 3.57. The second kappa shape index (κ2) is 7.44. The number of benzene rings is 2. The number of hydrogen-bond acceptors (Lipinski definition) is 4. The highest BCUT2D eigenvalue weighted by atomic mass is 16.6. The molecule has 0 aliphatic carbocycles. The number of pyridine rings is 2. The minimum atomic E-state index is -0.458. The van der Waals surface area contributed by atoms with E-state index in [9.17, 15) is 14.9 Å². The normalized spacial score (nSPS) is 11.0. The molecule has 4 rings (SSSR count). The molecule has 2 heterocycles. The molecular formula is C23H20N4O3. The second-order valence-electron chi connectivity index (χ2n) is 7.23. The van der Waals surface area contributed by atoms with E-state index < -0.39 is 4.92 Å². The van der Waals surface area contributed by atoms with Gasteiger partial charge >= 0.3 is 0 Å². The third kappa shape index (κ3) is 3.30. The second-order valence-corrected chi connectivity index (χ2v) is 7.23. The van der Waals surface area contributed by atoms with Crippen molar-refractivity contribution in [3.8, 4) is 11.1 Å². The van der Waals surface area contributed by atoms with E-state index in [0.29, 0.717) is 28.6 Å². The predicted octanol–water partition coefficient (Wildman–Crippen LogP) is 3.75. The highest BCUT2D eigenvalue weighted by molar-refractivity contribution is 5.84. The maximum Gasteiger partial charge on any atom is 0.269 e. The van der Waals surface area contributed by atoms with E-state index in [-0.39, 0.29) is 16.7 Å². The molecule has 0 spiro atoms. The average molecular weight is 400 g/mol. The molecule has 2 aromatic carbocycles. The number of hydrogen-bond donors (Lipinski definition) is 1. The summed E-state index contributed by atoms with van der Waals surface area (Å²) in [6.07, 6.45) is 0. The summed E-state index contributed by atoms with van der Waals surface area (Å²) in [6.45, 7) is 2.30. The van der Waals surface area contributed by atoms with Gasteiger partial charge in [0.1, 0.15) is 5.49 Å². The van der Waals surface area contributed by atoms with Crippen molar-refractivity contribution < 1.29 is 4.92 Å². The molecule has 0 saturated heterocycles. The SMILES string of the molecule is Cc1cc2c(cc(-c3ccc([N+](=O)[O-])cc3)c(=N)n2Cc2ccccc2)c(=O)n1C. The summed E-state index contributed by atoms with van der Waals surface area (Å²) in [4.78, 5) is 23.5. The minimum absolute atomic E-state index is 0.0187. The number of aryl methyl sites for hydroxylation is 1. The zero-order valence-electron chi connectivity index (χ0n) is 16.6. The van der Waals surface area contributed by atoms with Crippen LogP contribution in [0.2, 0.25) is 0 Å². The van der Waals surface area contributed by atoms with Crippen LogP contribution in [0.25, 0.3) is 22.0 Å². The Morgan fingerprint density at radius 1 is 1.03 bits per heavy atom. The number of nitrogens with zero attached hydrogens (tertiary/aromatic N) is 3. The molecule has 0 saturated carbocycles. The largest absolute Gasteiger partial charge is 0.321 e. The van der Waals surface area contributed by atoms with Gasteiger partial charge in [-0.2, -0.15) is 0 Å². The van der Waals surface area contributed by atoms with E-state index in [0.717, 1.165) is 11.3 Å². The standard InChI is InChI=1S/C23H20N4O3/c1-15-12-21-20(23(28)25(15)2)13-19(17-8-10-18(11-9-17)27(29)30)22(24)26(21)14-16-6-4-3-5-7-16/h3-13,24H,14H2,1-2H3. The van der Waals surface area contributed by atoms with E-state index in [1.807, 2.05) is 47.9 Å². The molecule has 150 valence electrons. The Bertz CT molecular complexity index is 1380. The Morgan fingerprint density at radius 2 is 1.70 bits per heavy atom. The van der Waals surface area contributed by atoms with Gasteiger partial charge in [-0.3, -0.25) is 20.3 Å². The molecule has 4 aromatic rings. The van der Waals surface area contributed by atoms with Crippen LogP contribution < -0.4 is 11.0 Å². The quantitative estimate of drug-likeness (QED) is 0.417. The summed E-state index contributed by atoms with van der Waals surface area (Å²) in [5.41, 5.74) is 3.78. The number of nitro groups is 1. The van der Waals surface area contributed by atoms with E-state index in [1.165, 1.54) is 12.1 Å². The van der Waals surface area contributed by atoms with Crippen LogP contribution in [0.1, 0.15) is 11.3 Å². The topological polar surface area (TPSA) is 93.9 Å². The number of non-ortho nitro benzene ring substituents is 1. The minimum Gasteiger partial charge on any atom is -0.321 e. The van der Waals surface area contributed by atoms with Gasteiger partial charge in [-0.1, -0.05) is 30.3 Å². The maximum absolute atomic E-state index is 13.0. The molecule has 0 aliphatic heterocycles. The molecule has 2 aromatic heterocycles. The molecule has 0 aliphatic rings. The number of aromatic nitrogens is 2. The van der Waals surface area contributed by atoms with Gasteiger partial charge in [0.25, 0.3) is 11.2 Å². The first-order valence-electron chi connectivity index (χ1n) is 9.44. The number of nitro benzene ring substituents is 1. The fraction of sp³-hybridized carbons (Fsp3) is 0.130. The average Bonchev–Trinajstić information content (AvgIpc) is 2.75. The fourth-order valence-corrected chi connectivity index (χ4v) is 3.57. The molecule has 7 heteroatoms. The number of nitrogens with one attached hydrogen (secondary N) is 1. The van der Waals surface area contributed by atoms with E-state index in [1.54, 1.807) is 29.8 Å². The van der Waals surface area contributed by atoms with Gasteiger partial charge < -0.3 is 9.13 Å². The summed E-state index contributed by atoms with van der Waals surface area (Å²) in [6, 6.07) is 19.4. The van der Waals surface area contributed by atoms with Crippen LogP contribution in [0.15, 0.2) is 71.5 Å². The van der Waals surface area contributed by atoms with E-state index >= 15 is 0 Å². The summed E-state index contributed by atoms with van der Waals surface area (Å²) < 4.78 is 3.40. The van der Waals surface area contributed by atoms with Gasteiger partial charge in [-0.25, -0.2) is 0 Å². The third-order valence-electron chi connectivity index (χ3n) is 5.36. The van der Waals surface area contributed by atoms with Crippen molar-refractivity contribution in [1.29, 1.82) is 5.41 Å². The lowest BCUT2D eigenvalue weighted by Gasteiger charge is -2.17. The lowest BCUT2D eigenvalue weighted by molar-refractivity contribution is -0.384. The van der Waals surface area contributed by atoms with Crippen molar-refractivity contribution in [3.05, 3.63) is 104 Å². The Hall–Kier alpha value is -4.00. The van der Waals surface area contributed by atoms with E-state index in [2.05, 4.69) is 0 Å². The van der Waals surface area contributed by atoms with Gasteiger partial charge in [0, 0.05) is 37.0 Å². The summed E-state index contributed by atoms with van der Waals surface area (Å²) in [5, 5.41) is 20.4. The summed E-state index contributed by atoms with van der Waals surface area (Å²) in [7, 11) is 1.72. The van der Waals surface area contributed by atoms with E-state index in [4.69, 9.17) is 5.41 Å². The van der Waals surface area contributed by atoms with Crippen LogP contribution in [-0.4, -0.2) is 14.1 Å². The molecule has 0 atom stereocenters. The van der Waals surface area contributed by atoms with Crippen LogP contribution in [0, 0.1) is 22.4 Å². The van der Waals surface area contributed by atoms with Crippen LogP contribution in [-0.2, 0) is 13.6 Å². The zero-order chi connectivity index (χ0) is 21.4. The summed E-state index contributed by atoms with van der Waals surface area (Å²) in [5.74, 6) is 0. The highest BCUT2D eigenvalue weighted by Crippen LogP contribution is 2.23. The monoisotopic (exact) mass is 400 g/mol. The molecule has 1 N–H and O–H groups in total. The van der Waals surface area contributed by atoms with Crippen molar-refractivity contribution in [2.75, 3.05) is 0 Å². The van der Waals surface area contributed by atoms with Crippen LogP contribution in [0.4, 0.5) is 5.69 Å². The van der Waals surface area contributed by atoms with Gasteiger partial charge in [0.15, 0.2) is 0 Å². The Labute approximate surface area is 172 Å². The van der Waals surface area contributed by atoms with Gasteiger partial charge in [-0.15, -0.1) is 0 Å². The van der Waals surface area contributed by atoms with Crippen molar-refractivity contribution in [2.24, 2.45) is 7.05 Å². The molecule has 0 unspecified atom stereocenters. The Kier molecular flexibility index (Phi) is 4.79. The lowest BCUT2D eigenvalue weighted by atomic mass is 10.0. The van der Waals surface area contributed by atoms with Crippen molar-refractivity contribution in [2.45, 2.75) is 13.5 Å². The van der Waals surface area contributed by atoms with Crippen LogP contribution in [0.5, 0.6) is 0 Å². The lowest BCUT2D eigenvalue weighted by Crippen LogP contribution is -2.27. The molecule has 0 radical (unpaired) electrons. The molecule has 7 nitrogen and oxygen atoms in total. The number of fused-ring (bicyclic) bond motifs is 1. The molecule has 30 heavy (non-hydrogen) atoms. The smallest absolute Gasteiger partial charge is 0.269 e. The molecular weight excluding hydrogens is 380 g/mol. The van der Waals surface area contributed by atoms with Crippen molar-refractivity contribution in [1.82, 2.24) is 9.13 Å². The molecule has 0 bridgehead atoms. The van der Waals surface area contributed by atoms with Crippen molar-refractivity contribution >= 4 is 16.6 Å². The zero-order valence-corrected chi connectivity index (χ0v) is 16.6. The maximum atomic E-state index is 13.0. The Balaban J connectivity index is 2.02. The van der Waals surface area contributed by atoms with Crippen LogP contribution >= 0.6 is 0 Å². The summed E-state index contributed by atoms with van der Waals surface area (Å²) >= 11 is 0. The van der Waals surface area contributed by atoms with Gasteiger partial charge in [0.2, 0.25) is 0 Å². The van der Waals surface area contributed by atoms with Gasteiger partial charge in [0.05, 0.1) is 15.8 Å². The Morgan fingerprint density at radius 3 is 2.33 bits per heavy atom. The highest BCUT2D eigenvalue weighted by Gasteiger charge is 2.14. The first-order chi connectivity index (χ1) is 14.4.